The van der Waals surface area contributed by atoms with E-state index in [0.717, 1.165) is 12.8 Å². The van der Waals surface area contributed by atoms with Crippen molar-refractivity contribution >= 4 is 9.84 Å². The first-order valence-corrected chi connectivity index (χ1v) is 7.16. The van der Waals surface area contributed by atoms with Crippen molar-refractivity contribution in [1.29, 1.82) is 0 Å². The number of ether oxygens (including phenoxy) is 1. The van der Waals surface area contributed by atoms with E-state index >= 15 is 0 Å². The lowest BCUT2D eigenvalue weighted by molar-refractivity contribution is 0.0212. The molecule has 1 aliphatic rings. The first kappa shape index (κ1) is 12.9. The Morgan fingerprint density at radius 1 is 1.47 bits per heavy atom. The van der Waals surface area contributed by atoms with Crippen LogP contribution < -0.4 is 5.32 Å². The maximum absolute atomic E-state index is 11.4. The molecule has 0 aromatic heterocycles. The second-order valence-electron chi connectivity index (χ2n) is 4.80. The number of nitrogens with one attached hydrogen (secondary N) is 1. The van der Waals surface area contributed by atoms with E-state index < -0.39 is 9.84 Å². The van der Waals surface area contributed by atoms with Crippen LogP contribution in [-0.4, -0.2) is 45.2 Å². The molecule has 1 unspecified atom stereocenters. The van der Waals surface area contributed by atoms with Crippen molar-refractivity contribution in [2.24, 2.45) is 0 Å². The van der Waals surface area contributed by atoms with Crippen LogP contribution in [0.1, 0.15) is 26.7 Å². The molecule has 0 bridgehead atoms. The van der Waals surface area contributed by atoms with E-state index in [9.17, 15) is 8.42 Å². The lowest BCUT2D eigenvalue weighted by Crippen LogP contribution is -2.46. The Morgan fingerprint density at radius 3 is 2.67 bits per heavy atom. The minimum Gasteiger partial charge on any atom is -0.377 e. The SMILES string of the molecule is COC(C)(C)CNC1CCCS(=O)(=O)C1. The molecule has 15 heavy (non-hydrogen) atoms. The fourth-order valence-corrected chi connectivity index (χ4v) is 3.32. The van der Waals surface area contributed by atoms with Crippen molar-refractivity contribution in [3.05, 3.63) is 0 Å². The molecule has 0 aromatic carbocycles. The van der Waals surface area contributed by atoms with Gasteiger partial charge in [-0.3, -0.25) is 0 Å². The normalized spacial score (nSPS) is 26.5. The Bertz CT molecular complexity index is 298. The summed E-state index contributed by atoms with van der Waals surface area (Å²) < 4.78 is 28.0. The number of sulfone groups is 1. The van der Waals surface area contributed by atoms with Crippen LogP contribution in [0.5, 0.6) is 0 Å². The fourth-order valence-electron chi connectivity index (χ4n) is 1.65. The van der Waals surface area contributed by atoms with E-state index in [1.807, 2.05) is 13.8 Å². The molecule has 1 N–H and O–H groups in total. The average Bonchev–Trinajstić information content (AvgIpc) is 2.14. The Hall–Kier alpha value is -0.130. The molecule has 5 heteroatoms. The fraction of sp³-hybridized carbons (Fsp3) is 1.00. The molecule has 0 spiro atoms. The minimum atomic E-state index is -2.81. The van der Waals surface area contributed by atoms with Gasteiger partial charge in [-0.25, -0.2) is 8.42 Å². The Kier molecular flexibility index (Phi) is 4.14. The Labute approximate surface area is 92.3 Å². The first-order chi connectivity index (χ1) is 6.85. The molecule has 1 rings (SSSR count). The number of rotatable bonds is 4. The van der Waals surface area contributed by atoms with Crippen LogP contribution in [0.2, 0.25) is 0 Å². The van der Waals surface area contributed by atoms with Gasteiger partial charge in [-0.15, -0.1) is 0 Å². The van der Waals surface area contributed by atoms with Gasteiger partial charge in [0, 0.05) is 19.7 Å². The van der Waals surface area contributed by atoms with Crippen molar-refractivity contribution in [2.45, 2.75) is 38.3 Å². The summed E-state index contributed by atoms with van der Waals surface area (Å²) in [5, 5.41) is 3.26. The summed E-state index contributed by atoms with van der Waals surface area (Å²) in [6.07, 6.45) is 1.71. The summed E-state index contributed by atoms with van der Waals surface area (Å²) in [4.78, 5) is 0. The van der Waals surface area contributed by atoms with Gasteiger partial charge in [0.25, 0.3) is 0 Å². The molecular formula is C10H21NO3S. The lowest BCUT2D eigenvalue weighted by atomic mass is 10.1. The molecule has 1 saturated heterocycles. The molecule has 4 nitrogen and oxygen atoms in total. The zero-order valence-corrected chi connectivity index (χ0v) is 10.6. The van der Waals surface area contributed by atoms with Crippen LogP contribution in [0, 0.1) is 0 Å². The Balaban J connectivity index is 2.40. The van der Waals surface area contributed by atoms with E-state index in [-0.39, 0.29) is 17.4 Å². The standard InChI is InChI=1S/C10H21NO3S/c1-10(2,14-3)8-11-9-5-4-6-15(12,13)7-9/h9,11H,4-8H2,1-3H3. The maximum Gasteiger partial charge on any atom is 0.151 e. The molecule has 0 amide bonds. The van der Waals surface area contributed by atoms with E-state index in [4.69, 9.17) is 4.74 Å². The van der Waals surface area contributed by atoms with Gasteiger partial charge in [0.2, 0.25) is 0 Å². The first-order valence-electron chi connectivity index (χ1n) is 5.34. The molecule has 1 aliphatic heterocycles. The second kappa shape index (κ2) is 4.80. The summed E-state index contributed by atoms with van der Waals surface area (Å²) in [6, 6.07) is 0.0955. The molecule has 90 valence electrons. The highest BCUT2D eigenvalue weighted by Crippen LogP contribution is 2.13. The summed E-state index contributed by atoms with van der Waals surface area (Å²) in [7, 11) is -1.14. The van der Waals surface area contributed by atoms with Gasteiger partial charge in [-0.2, -0.15) is 0 Å². The lowest BCUT2D eigenvalue weighted by Gasteiger charge is -2.29. The van der Waals surface area contributed by atoms with Gasteiger partial charge in [-0.1, -0.05) is 0 Å². The van der Waals surface area contributed by atoms with Crippen molar-refractivity contribution < 1.29 is 13.2 Å². The topological polar surface area (TPSA) is 55.4 Å². The van der Waals surface area contributed by atoms with Crippen LogP contribution in [0.3, 0.4) is 0 Å². The zero-order valence-electron chi connectivity index (χ0n) is 9.75. The molecule has 0 aliphatic carbocycles. The van der Waals surface area contributed by atoms with Crippen LogP contribution in [0.25, 0.3) is 0 Å². The van der Waals surface area contributed by atoms with Crippen LogP contribution >= 0.6 is 0 Å². The zero-order chi connectivity index (χ0) is 11.5. The van der Waals surface area contributed by atoms with Gasteiger partial charge in [0.15, 0.2) is 9.84 Å². The second-order valence-corrected chi connectivity index (χ2v) is 7.03. The number of methoxy groups -OCH3 is 1. The summed E-state index contributed by atoms with van der Waals surface area (Å²) >= 11 is 0. The predicted octanol–water partition coefficient (Wildman–Crippen LogP) is 0.578. The van der Waals surface area contributed by atoms with E-state index in [2.05, 4.69) is 5.32 Å². The van der Waals surface area contributed by atoms with Gasteiger partial charge in [0.1, 0.15) is 0 Å². The molecule has 1 heterocycles. The molecule has 0 saturated carbocycles. The van der Waals surface area contributed by atoms with Gasteiger partial charge in [-0.05, 0) is 26.7 Å². The maximum atomic E-state index is 11.4. The van der Waals surface area contributed by atoms with Gasteiger partial charge in [0.05, 0.1) is 17.1 Å². The number of hydrogen-bond acceptors (Lipinski definition) is 4. The van der Waals surface area contributed by atoms with Crippen molar-refractivity contribution in [3.63, 3.8) is 0 Å². The molecule has 0 aromatic rings. The molecule has 1 atom stereocenters. The van der Waals surface area contributed by atoms with Crippen molar-refractivity contribution in [1.82, 2.24) is 5.32 Å². The quantitative estimate of drug-likeness (QED) is 0.774. The Morgan fingerprint density at radius 2 is 2.13 bits per heavy atom. The molecule has 0 radical (unpaired) electrons. The van der Waals surface area contributed by atoms with E-state index in [1.165, 1.54) is 0 Å². The summed E-state index contributed by atoms with van der Waals surface area (Å²) in [6.45, 7) is 4.65. The highest BCUT2D eigenvalue weighted by Gasteiger charge is 2.26. The monoisotopic (exact) mass is 235 g/mol. The summed E-state index contributed by atoms with van der Waals surface area (Å²) in [5.41, 5.74) is -0.235. The highest BCUT2D eigenvalue weighted by molar-refractivity contribution is 7.91. The third kappa shape index (κ3) is 4.49. The van der Waals surface area contributed by atoms with Crippen molar-refractivity contribution in [3.8, 4) is 0 Å². The van der Waals surface area contributed by atoms with Crippen molar-refractivity contribution in [2.75, 3.05) is 25.2 Å². The van der Waals surface area contributed by atoms with E-state index in [1.54, 1.807) is 7.11 Å². The number of hydrogen-bond donors (Lipinski definition) is 1. The van der Waals surface area contributed by atoms with Crippen LogP contribution in [0.4, 0.5) is 0 Å². The smallest absolute Gasteiger partial charge is 0.151 e. The minimum absolute atomic E-state index is 0.0955. The largest absolute Gasteiger partial charge is 0.377 e. The van der Waals surface area contributed by atoms with E-state index in [0.29, 0.717) is 12.3 Å². The summed E-state index contributed by atoms with van der Waals surface area (Å²) in [5.74, 6) is 0.617. The average molecular weight is 235 g/mol. The molecule has 1 fully saturated rings. The molecular weight excluding hydrogens is 214 g/mol. The van der Waals surface area contributed by atoms with Crippen LogP contribution in [-0.2, 0) is 14.6 Å². The third-order valence-corrected chi connectivity index (χ3v) is 4.65. The van der Waals surface area contributed by atoms with Crippen LogP contribution in [0.15, 0.2) is 0 Å². The van der Waals surface area contributed by atoms with Gasteiger partial charge < -0.3 is 10.1 Å². The third-order valence-electron chi connectivity index (χ3n) is 2.83. The predicted molar refractivity (Wildman–Crippen MR) is 60.8 cm³/mol. The highest BCUT2D eigenvalue weighted by atomic mass is 32.2. The van der Waals surface area contributed by atoms with Gasteiger partial charge >= 0.3 is 0 Å².